The van der Waals surface area contributed by atoms with Crippen LogP contribution in [0.2, 0.25) is 0 Å². The highest BCUT2D eigenvalue weighted by molar-refractivity contribution is 14.0. The molecule has 1 saturated heterocycles. The van der Waals surface area contributed by atoms with Crippen LogP contribution in [0.4, 0.5) is 5.69 Å². The normalized spacial score (nSPS) is 17.0. The zero-order chi connectivity index (χ0) is 18.4. The van der Waals surface area contributed by atoms with E-state index in [2.05, 4.69) is 15.6 Å². The highest BCUT2D eigenvalue weighted by Gasteiger charge is 2.28. The molecule has 144 valence electrons. The van der Waals surface area contributed by atoms with Gasteiger partial charge in [0.25, 0.3) is 5.69 Å². The zero-order valence-corrected chi connectivity index (χ0v) is 17.6. The summed E-state index contributed by atoms with van der Waals surface area (Å²) in [7, 11) is 1.65. The number of rotatable bonds is 5. The van der Waals surface area contributed by atoms with Crippen LogP contribution in [0.1, 0.15) is 25.8 Å². The molecule has 1 unspecified atom stereocenters. The van der Waals surface area contributed by atoms with E-state index in [9.17, 15) is 14.9 Å². The van der Waals surface area contributed by atoms with Gasteiger partial charge >= 0.3 is 0 Å². The van der Waals surface area contributed by atoms with Crippen LogP contribution in [0.3, 0.4) is 0 Å². The average molecular weight is 475 g/mol. The van der Waals surface area contributed by atoms with Crippen LogP contribution in [-0.4, -0.2) is 47.9 Å². The summed E-state index contributed by atoms with van der Waals surface area (Å²) in [6.07, 6.45) is 0.852. The van der Waals surface area contributed by atoms with Gasteiger partial charge in [0.05, 0.1) is 4.92 Å². The largest absolute Gasteiger partial charge is 0.352 e. The Bertz CT molecular complexity index is 666. The van der Waals surface area contributed by atoms with Crippen molar-refractivity contribution in [3.8, 4) is 0 Å². The van der Waals surface area contributed by atoms with Gasteiger partial charge < -0.3 is 15.5 Å². The molecule has 1 heterocycles. The molecular formula is C17H26IN5O3. The number of aliphatic imine (C=N–C) groups is 1. The molecule has 26 heavy (non-hydrogen) atoms. The predicted octanol–water partition coefficient (Wildman–Crippen LogP) is 2.13. The molecule has 1 aliphatic rings. The number of benzene rings is 1. The number of nitrogens with one attached hydrogen (secondary N) is 2. The van der Waals surface area contributed by atoms with Crippen LogP contribution < -0.4 is 10.6 Å². The monoisotopic (exact) mass is 475 g/mol. The minimum absolute atomic E-state index is 0. The second kappa shape index (κ2) is 10.3. The number of amides is 1. The molecule has 0 saturated carbocycles. The summed E-state index contributed by atoms with van der Waals surface area (Å²) in [5.74, 6) is 0.726. The molecule has 1 fully saturated rings. The Morgan fingerprint density at radius 2 is 2.12 bits per heavy atom. The highest BCUT2D eigenvalue weighted by atomic mass is 127. The van der Waals surface area contributed by atoms with E-state index in [-0.39, 0.29) is 52.5 Å². The molecular weight excluding hydrogens is 449 g/mol. The first-order valence-electron chi connectivity index (χ1n) is 8.40. The maximum absolute atomic E-state index is 12.0. The van der Waals surface area contributed by atoms with E-state index in [1.807, 2.05) is 18.7 Å². The van der Waals surface area contributed by atoms with E-state index < -0.39 is 0 Å². The standard InChI is InChI=1S/C17H25N5O3.HI/c1-12(2)16(23)21-9-8-14(11-21)20-17(18-3)19-10-13-6-4-5-7-15(13)22(24)25;/h4-7,12,14H,8-11H2,1-3H3,(H2,18,19,20);1H. The smallest absolute Gasteiger partial charge is 0.274 e. The summed E-state index contributed by atoms with van der Waals surface area (Å²) in [5.41, 5.74) is 0.679. The summed E-state index contributed by atoms with van der Waals surface area (Å²) >= 11 is 0. The lowest BCUT2D eigenvalue weighted by atomic mass is 10.2. The quantitative estimate of drug-likeness (QED) is 0.224. The molecule has 1 aromatic carbocycles. The van der Waals surface area contributed by atoms with Crippen LogP contribution >= 0.6 is 24.0 Å². The van der Waals surface area contributed by atoms with Gasteiger partial charge in [0.2, 0.25) is 5.91 Å². The molecule has 8 nitrogen and oxygen atoms in total. The minimum Gasteiger partial charge on any atom is -0.352 e. The zero-order valence-electron chi connectivity index (χ0n) is 15.3. The fraction of sp³-hybridized carbons (Fsp3) is 0.529. The van der Waals surface area contributed by atoms with Crippen molar-refractivity contribution in [3.63, 3.8) is 0 Å². The molecule has 9 heteroatoms. The lowest BCUT2D eigenvalue weighted by Gasteiger charge is -2.20. The Hall–Kier alpha value is -1.91. The van der Waals surface area contributed by atoms with Crippen LogP contribution in [0, 0.1) is 16.0 Å². The lowest BCUT2D eigenvalue weighted by Crippen LogP contribution is -2.45. The fourth-order valence-electron chi connectivity index (χ4n) is 2.85. The van der Waals surface area contributed by atoms with Crippen LogP contribution in [0.25, 0.3) is 0 Å². The molecule has 2 rings (SSSR count). The molecule has 0 aliphatic carbocycles. The summed E-state index contributed by atoms with van der Waals surface area (Å²) in [4.78, 5) is 28.7. The third-order valence-electron chi connectivity index (χ3n) is 4.19. The van der Waals surface area contributed by atoms with Crippen molar-refractivity contribution in [2.24, 2.45) is 10.9 Å². The van der Waals surface area contributed by atoms with Crippen molar-refractivity contribution in [1.29, 1.82) is 0 Å². The molecule has 1 atom stereocenters. The van der Waals surface area contributed by atoms with E-state index in [1.165, 1.54) is 6.07 Å². The van der Waals surface area contributed by atoms with Crippen molar-refractivity contribution < 1.29 is 9.72 Å². The maximum atomic E-state index is 12.0. The van der Waals surface area contributed by atoms with Crippen molar-refractivity contribution in [2.45, 2.75) is 32.9 Å². The van der Waals surface area contributed by atoms with Gasteiger partial charge in [-0.15, -0.1) is 24.0 Å². The number of carbonyl (C=O) groups excluding carboxylic acids is 1. The number of hydrogen-bond acceptors (Lipinski definition) is 4. The van der Waals surface area contributed by atoms with Crippen LogP contribution in [-0.2, 0) is 11.3 Å². The summed E-state index contributed by atoms with van der Waals surface area (Å²) in [5, 5.41) is 17.5. The van der Waals surface area contributed by atoms with Gasteiger partial charge in [-0.2, -0.15) is 0 Å². The van der Waals surface area contributed by atoms with Gasteiger partial charge in [0, 0.05) is 50.3 Å². The summed E-state index contributed by atoms with van der Waals surface area (Å²) in [6, 6.07) is 6.75. The van der Waals surface area contributed by atoms with E-state index in [0.29, 0.717) is 24.6 Å². The first kappa shape index (κ1) is 22.1. The number of carbonyl (C=O) groups is 1. The van der Waals surface area contributed by atoms with E-state index >= 15 is 0 Å². The second-order valence-electron chi connectivity index (χ2n) is 6.38. The molecule has 1 aromatic rings. The molecule has 0 bridgehead atoms. The number of nitrogens with zero attached hydrogens (tertiary/aromatic N) is 3. The van der Waals surface area contributed by atoms with Gasteiger partial charge in [0.1, 0.15) is 0 Å². The number of halogens is 1. The Morgan fingerprint density at radius 1 is 1.42 bits per heavy atom. The van der Waals surface area contributed by atoms with Gasteiger partial charge in [0.15, 0.2) is 5.96 Å². The molecule has 1 amide bonds. The number of para-hydroxylation sites is 1. The van der Waals surface area contributed by atoms with E-state index in [4.69, 9.17) is 0 Å². The molecule has 1 aliphatic heterocycles. The van der Waals surface area contributed by atoms with Crippen LogP contribution in [0.5, 0.6) is 0 Å². The topological polar surface area (TPSA) is 99.9 Å². The fourth-order valence-corrected chi connectivity index (χ4v) is 2.85. The Labute approximate surface area is 170 Å². The van der Waals surface area contributed by atoms with E-state index in [1.54, 1.807) is 25.2 Å². The number of nitro groups is 1. The molecule has 0 aromatic heterocycles. The first-order chi connectivity index (χ1) is 11.9. The highest BCUT2D eigenvalue weighted by Crippen LogP contribution is 2.17. The van der Waals surface area contributed by atoms with Crippen molar-refractivity contribution in [2.75, 3.05) is 20.1 Å². The third kappa shape index (κ3) is 5.82. The van der Waals surface area contributed by atoms with Crippen molar-refractivity contribution in [1.82, 2.24) is 15.5 Å². The summed E-state index contributed by atoms with van der Waals surface area (Å²) < 4.78 is 0. The van der Waals surface area contributed by atoms with Gasteiger partial charge in [-0.05, 0) is 6.42 Å². The van der Waals surface area contributed by atoms with E-state index in [0.717, 1.165) is 13.0 Å². The second-order valence-corrected chi connectivity index (χ2v) is 6.38. The third-order valence-corrected chi connectivity index (χ3v) is 4.19. The van der Waals surface area contributed by atoms with Gasteiger partial charge in [-0.3, -0.25) is 19.9 Å². The van der Waals surface area contributed by atoms with Gasteiger partial charge in [-0.25, -0.2) is 0 Å². The number of guanidine groups is 1. The first-order valence-corrected chi connectivity index (χ1v) is 8.40. The maximum Gasteiger partial charge on any atom is 0.274 e. The molecule has 2 N–H and O–H groups in total. The van der Waals surface area contributed by atoms with Crippen molar-refractivity contribution >= 4 is 41.5 Å². The Morgan fingerprint density at radius 3 is 2.73 bits per heavy atom. The lowest BCUT2D eigenvalue weighted by molar-refractivity contribution is -0.385. The predicted molar refractivity (Wildman–Crippen MR) is 112 cm³/mol. The number of hydrogen-bond donors (Lipinski definition) is 2. The number of nitro benzene ring substituents is 1. The molecule has 0 spiro atoms. The van der Waals surface area contributed by atoms with Gasteiger partial charge in [-0.1, -0.05) is 32.0 Å². The molecule has 0 radical (unpaired) electrons. The minimum atomic E-state index is -0.389. The summed E-state index contributed by atoms with van der Waals surface area (Å²) in [6.45, 7) is 5.48. The Balaban J connectivity index is 0.00000338. The SMILES string of the molecule is CN=C(NCc1ccccc1[N+](=O)[O-])NC1CCN(C(=O)C(C)C)C1.I. The number of likely N-dealkylation sites (tertiary alicyclic amines) is 1. The van der Waals surface area contributed by atoms with Crippen molar-refractivity contribution in [3.05, 3.63) is 39.9 Å². The Kier molecular flexibility index (Phi) is 8.76. The van der Waals surface area contributed by atoms with Crippen LogP contribution in [0.15, 0.2) is 29.3 Å². The average Bonchev–Trinajstić information content (AvgIpc) is 3.06.